The molecule has 0 saturated carbocycles. The van der Waals surface area contributed by atoms with Crippen LogP contribution in [-0.4, -0.2) is 26.7 Å². The average Bonchev–Trinajstić information content (AvgIpc) is 3.03. The number of halogens is 1. The highest BCUT2D eigenvalue weighted by Gasteiger charge is 2.06. The molecule has 0 aliphatic carbocycles. The van der Waals surface area contributed by atoms with Crippen LogP contribution in [0.15, 0.2) is 41.4 Å². The Morgan fingerprint density at radius 1 is 1.16 bits per heavy atom. The lowest BCUT2D eigenvalue weighted by Gasteiger charge is -2.15. The predicted molar refractivity (Wildman–Crippen MR) is 119 cm³/mol. The summed E-state index contributed by atoms with van der Waals surface area (Å²) in [4.78, 5) is 6.94. The molecule has 2 N–H and O–H groups in total. The van der Waals surface area contributed by atoms with Crippen molar-refractivity contribution in [1.82, 2.24) is 10.6 Å². The van der Waals surface area contributed by atoms with Crippen molar-refractivity contribution >= 4 is 41.3 Å². The van der Waals surface area contributed by atoms with Crippen LogP contribution in [-0.2, 0) is 6.54 Å². The molecule has 0 aliphatic heterocycles. The SMILES string of the molecule is CN=C(NCCC(C)c1ccc(OC)cc1)NCc1ccc(C)s1.I. The molecule has 2 aromatic rings. The number of benzene rings is 1. The molecule has 0 bridgehead atoms. The largest absolute Gasteiger partial charge is 0.497 e. The van der Waals surface area contributed by atoms with E-state index >= 15 is 0 Å². The molecule has 25 heavy (non-hydrogen) atoms. The fourth-order valence-corrected chi connectivity index (χ4v) is 3.31. The first-order valence-electron chi connectivity index (χ1n) is 8.26. The fourth-order valence-electron chi connectivity index (χ4n) is 2.48. The number of thiophene rings is 1. The highest BCUT2D eigenvalue weighted by atomic mass is 127. The van der Waals surface area contributed by atoms with Crippen molar-refractivity contribution in [3.63, 3.8) is 0 Å². The minimum Gasteiger partial charge on any atom is -0.497 e. The second kappa shape index (κ2) is 11.4. The molecule has 4 nitrogen and oxygen atoms in total. The third-order valence-electron chi connectivity index (χ3n) is 4.00. The van der Waals surface area contributed by atoms with Crippen LogP contribution < -0.4 is 15.4 Å². The molecule has 0 saturated heterocycles. The van der Waals surface area contributed by atoms with Crippen molar-refractivity contribution in [3.8, 4) is 5.75 Å². The van der Waals surface area contributed by atoms with Gasteiger partial charge in [0.2, 0.25) is 0 Å². The summed E-state index contributed by atoms with van der Waals surface area (Å²) in [5.74, 6) is 2.24. The Balaban J connectivity index is 0.00000312. The standard InChI is InChI=1S/C19H27N3OS.HI/c1-14(16-6-8-17(23-4)9-7-16)11-12-21-19(20-3)22-13-18-10-5-15(2)24-18;/h5-10,14H,11-13H2,1-4H3,(H2,20,21,22);1H. The van der Waals surface area contributed by atoms with Gasteiger partial charge in [-0.3, -0.25) is 4.99 Å². The van der Waals surface area contributed by atoms with Crippen molar-refractivity contribution in [2.75, 3.05) is 20.7 Å². The fraction of sp³-hybridized carbons (Fsp3) is 0.421. The van der Waals surface area contributed by atoms with Crippen molar-refractivity contribution in [2.45, 2.75) is 32.7 Å². The van der Waals surface area contributed by atoms with E-state index in [2.05, 4.69) is 53.7 Å². The molecule has 1 aromatic heterocycles. The van der Waals surface area contributed by atoms with Gasteiger partial charge in [-0.25, -0.2) is 0 Å². The van der Waals surface area contributed by atoms with Crippen molar-refractivity contribution in [3.05, 3.63) is 51.7 Å². The second-order valence-corrected chi connectivity index (χ2v) is 7.20. The zero-order valence-corrected chi connectivity index (χ0v) is 18.5. The minimum atomic E-state index is 0. The lowest BCUT2D eigenvalue weighted by atomic mass is 9.98. The summed E-state index contributed by atoms with van der Waals surface area (Å²) < 4.78 is 5.21. The molecule has 2 rings (SSSR count). The molecule has 138 valence electrons. The monoisotopic (exact) mass is 473 g/mol. The minimum absolute atomic E-state index is 0. The van der Waals surface area contributed by atoms with Gasteiger partial charge in [0.15, 0.2) is 5.96 Å². The lowest BCUT2D eigenvalue weighted by Crippen LogP contribution is -2.37. The molecule has 1 unspecified atom stereocenters. The summed E-state index contributed by atoms with van der Waals surface area (Å²) in [6.07, 6.45) is 1.05. The van der Waals surface area contributed by atoms with Crippen LogP contribution in [0.2, 0.25) is 0 Å². The summed E-state index contributed by atoms with van der Waals surface area (Å²) in [6, 6.07) is 12.6. The van der Waals surface area contributed by atoms with Crippen LogP contribution in [0.25, 0.3) is 0 Å². The van der Waals surface area contributed by atoms with Crippen molar-refractivity contribution < 1.29 is 4.74 Å². The van der Waals surface area contributed by atoms with Gasteiger partial charge in [0, 0.05) is 23.3 Å². The topological polar surface area (TPSA) is 45.7 Å². The van der Waals surface area contributed by atoms with Gasteiger partial charge in [-0.15, -0.1) is 35.3 Å². The van der Waals surface area contributed by atoms with Crippen LogP contribution in [0.4, 0.5) is 0 Å². The molecule has 0 aliphatic rings. The maximum absolute atomic E-state index is 5.21. The maximum atomic E-state index is 5.21. The first kappa shape index (κ1) is 21.8. The van der Waals surface area contributed by atoms with Crippen LogP contribution >= 0.6 is 35.3 Å². The average molecular weight is 473 g/mol. The van der Waals surface area contributed by atoms with Crippen molar-refractivity contribution in [1.29, 1.82) is 0 Å². The number of hydrogen-bond donors (Lipinski definition) is 2. The molecule has 0 fully saturated rings. The molecule has 1 aromatic carbocycles. The van der Waals surface area contributed by atoms with E-state index in [4.69, 9.17) is 4.74 Å². The molecule has 1 heterocycles. The third kappa shape index (κ3) is 7.23. The maximum Gasteiger partial charge on any atom is 0.191 e. The first-order valence-corrected chi connectivity index (χ1v) is 9.07. The Morgan fingerprint density at radius 3 is 2.44 bits per heavy atom. The third-order valence-corrected chi connectivity index (χ3v) is 5.00. The quantitative estimate of drug-likeness (QED) is 0.353. The van der Waals surface area contributed by atoms with Crippen LogP contribution in [0.5, 0.6) is 5.75 Å². The summed E-state index contributed by atoms with van der Waals surface area (Å²) in [6.45, 7) is 6.07. The van der Waals surface area contributed by atoms with E-state index in [1.807, 2.05) is 30.5 Å². The number of methoxy groups -OCH3 is 1. The van der Waals surface area contributed by atoms with E-state index in [-0.39, 0.29) is 24.0 Å². The molecular weight excluding hydrogens is 445 g/mol. The zero-order chi connectivity index (χ0) is 17.4. The van der Waals surface area contributed by atoms with Gasteiger partial charge < -0.3 is 15.4 Å². The van der Waals surface area contributed by atoms with Gasteiger partial charge in [0.25, 0.3) is 0 Å². The van der Waals surface area contributed by atoms with Gasteiger partial charge in [-0.1, -0.05) is 19.1 Å². The van der Waals surface area contributed by atoms with Gasteiger partial charge in [0.05, 0.1) is 13.7 Å². The van der Waals surface area contributed by atoms with Gasteiger partial charge >= 0.3 is 0 Å². The number of hydrogen-bond acceptors (Lipinski definition) is 3. The number of aryl methyl sites for hydroxylation is 1. The summed E-state index contributed by atoms with van der Waals surface area (Å²) >= 11 is 1.81. The Kier molecular flexibility index (Phi) is 9.89. The number of guanidine groups is 1. The molecule has 1 atom stereocenters. The highest BCUT2D eigenvalue weighted by molar-refractivity contribution is 14.0. The van der Waals surface area contributed by atoms with Crippen LogP contribution in [0.3, 0.4) is 0 Å². The number of rotatable bonds is 7. The molecule has 0 amide bonds. The van der Waals surface area contributed by atoms with E-state index in [0.717, 1.165) is 31.2 Å². The lowest BCUT2D eigenvalue weighted by molar-refractivity contribution is 0.414. The van der Waals surface area contributed by atoms with Crippen LogP contribution in [0.1, 0.15) is 34.6 Å². The number of ether oxygens (including phenoxy) is 1. The molecule has 0 radical (unpaired) electrons. The van der Waals surface area contributed by atoms with Crippen molar-refractivity contribution in [2.24, 2.45) is 4.99 Å². The number of aliphatic imine (C=N–C) groups is 1. The van der Waals surface area contributed by atoms with E-state index in [0.29, 0.717) is 5.92 Å². The predicted octanol–water partition coefficient (Wildman–Crippen LogP) is 4.54. The van der Waals surface area contributed by atoms with E-state index in [1.54, 1.807) is 7.11 Å². The highest BCUT2D eigenvalue weighted by Crippen LogP contribution is 2.21. The zero-order valence-electron chi connectivity index (χ0n) is 15.3. The Hall–Kier alpha value is -1.28. The Morgan fingerprint density at radius 2 is 1.88 bits per heavy atom. The smallest absolute Gasteiger partial charge is 0.191 e. The molecule has 6 heteroatoms. The Labute approximate surface area is 172 Å². The number of nitrogens with one attached hydrogen (secondary N) is 2. The number of nitrogens with zero attached hydrogens (tertiary/aromatic N) is 1. The van der Waals surface area contributed by atoms with E-state index < -0.39 is 0 Å². The van der Waals surface area contributed by atoms with Gasteiger partial charge in [-0.05, 0) is 49.1 Å². The normalized spacial score (nSPS) is 12.2. The van der Waals surface area contributed by atoms with Gasteiger partial charge in [-0.2, -0.15) is 0 Å². The first-order chi connectivity index (χ1) is 11.6. The van der Waals surface area contributed by atoms with Crippen LogP contribution in [0, 0.1) is 6.92 Å². The summed E-state index contributed by atoms with van der Waals surface area (Å²) in [5.41, 5.74) is 1.33. The van der Waals surface area contributed by atoms with Gasteiger partial charge in [0.1, 0.15) is 5.75 Å². The van der Waals surface area contributed by atoms with E-state index in [1.165, 1.54) is 15.3 Å². The molecular formula is C19H28IN3OS. The van der Waals surface area contributed by atoms with E-state index in [9.17, 15) is 0 Å². The summed E-state index contributed by atoms with van der Waals surface area (Å²) in [5, 5.41) is 6.75. The summed E-state index contributed by atoms with van der Waals surface area (Å²) in [7, 11) is 3.50. The Bertz CT molecular complexity index is 655. The molecule has 0 spiro atoms. The second-order valence-electron chi connectivity index (χ2n) is 5.83.